The van der Waals surface area contributed by atoms with Crippen LogP contribution in [0.3, 0.4) is 0 Å². The van der Waals surface area contributed by atoms with Gasteiger partial charge in [0.2, 0.25) is 5.91 Å². The van der Waals surface area contributed by atoms with E-state index < -0.39 is 29.8 Å². The highest BCUT2D eigenvalue weighted by Gasteiger charge is 2.34. The van der Waals surface area contributed by atoms with Crippen molar-refractivity contribution in [3.63, 3.8) is 0 Å². The summed E-state index contributed by atoms with van der Waals surface area (Å²) in [7, 11) is 0. The number of pyridine rings is 1. The van der Waals surface area contributed by atoms with Crippen LogP contribution in [-0.2, 0) is 23.9 Å². The number of rotatable bonds is 7. The summed E-state index contributed by atoms with van der Waals surface area (Å²) >= 11 is 0. The van der Waals surface area contributed by atoms with Crippen molar-refractivity contribution in [3.05, 3.63) is 69.6 Å². The monoisotopic (exact) mass is 394 g/mol. The van der Waals surface area contributed by atoms with Gasteiger partial charge in [-0.2, -0.15) is 13.2 Å². The predicted molar refractivity (Wildman–Crippen MR) is 102 cm³/mol. The Bertz CT molecular complexity index is 855. The van der Waals surface area contributed by atoms with Gasteiger partial charge >= 0.3 is 6.18 Å². The molecule has 0 unspecified atom stereocenters. The zero-order valence-electron chi connectivity index (χ0n) is 16.2. The molecule has 1 heterocycles. The topological polar surface area (TPSA) is 51.1 Å². The normalized spacial score (nSPS) is 12.8. The van der Waals surface area contributed by atoms with Gasteiger partial charge in [0, 0.05) is 6.20 Å². The SMILES string of the molecule is CCCc1ccc([C@H](NC(=O)Cn2cccc(C(F)(F)F)c2=O)C(C)C)cc1. The Morgan fingerprint density at radius 1 is 1.14 bits per heavy atom. The van der Waals surface area contributed by atoms with Crippen LogP contribution in [0.2, 0.25) is 0 Å². The highest BCUT2D eigenvalue weighted by molar-refractivity contribution is 5.76. The smallest absolute Gasteiger partial charge is 0.347 e. The van der Waals surface area contributed by atoms with Gasteiger partial charge in [0.05, 0.1) is 6.04 Å². The highest BCUT2D eigenvalue weighted by atomic mass is 19.4. The lowest BCUT2D eigenvalue weighted by Crippen LogP contribution is -2.37. The van der Waals surface area contributed by atoms with Crippen LogP contribution in [0.15, 0.2) is 47.4 Å². The van der Waals surface area contributed by atoms with Crippen molar-refractivity contribution in [1.29, 1.82) is 0 Å². The number of carbonyl (C=O) groups excluding carboxylic acids is 1. The highest BCUT2D eigenvalue weighted by Crippen LogP contribution is 2.26. The molecular formula is C21H25F3N2O2. The van der Waals surface area contributed by atoms with Gasteiger partial charge in [-0.25, -0.2) is 0 Å². The van der Waals surface area contributed by atoms with Gasteiger partial charge < -0.3 is 9.88 Å². The van der Waals surface area contributed by atoms with Crippen molar-refractivity contribution in [1.82, 2.24) is 9.88 Å². The van der Waals surface area contributed by atoms with Crippen LogP contribution in [0, 0.1) is 5.92 Å². The van der Waals surface area contributed by atoms with Gasteiger partial charge in [-0.3, -0.25) is 9.59 Å². The average molecular weight is 394 g/mol. The Kier molecular flexibility index (Phi) is 7.05. The number of carbonyl (C=O) groups is 1. The number of benzene rings is 1. The standard InChI is InChI=1S/C21H25F3N2O2/c1-4-6-15-8-10-16(11-9-15)19(14(2)3)25-18(27)13-26-12-5-7-17(20(26)28)21(22,23)24/h5,7-12,14,19H,4,6,13H2,1-3H3,(H,25,27)/t19-/m1/s1. The molecule has 1 aromatic carbocycles. The van der Waals surface area contributed by atoms with E-state index in [0.29, 0.717) is 6.07 Å². The van der Waals surface area contributed by atoms with Crippen LogP contribution >= 0.6 is 0 Å². The number of halogens is 3. The first-order valence-corrected chi connectivity index (χ1v) is 9.28. The second-order valence-electron chi connectivity index (χ2n) is 7.13. The molecule has 28 heavy (non-hydrogen) atoms. The number of aromatic nitrogens is 1. The summed E-state index contributed by atoms with van der Waals surface area (Å²) in [6.45, 7) is 5.52. The molecule has 0 radical (unpaired) electrons. The number of aryl methyl sites for hydroxylation is 1. The lowest BCUT2D eigenvalue weighted by atomic mass is 9.94. The summed E-state index contributed by atoms with van der Waals surface area (Å²) in [5.41, 5.74) is -0.389. The summed E-state index contributed by atoms with van der Waals surface area (Å²) in [6.07, 6.45) is -1.56. The summed E-state index contributed by atoms with van der Waals surface area (Å²) in [4.78, 5) is 24.4. The summed E-state index contributed by atoms with van der Waals surface area (Å²) < 4.78 is 39.4. The van der Waals surface area contributed by atoms with E-state index in [-0.39, 0.29) is 12.0 Å². The number of amides is 1. The van der Waals surface area contributed by atoms with Crippen LogP contribution < -0.4 is 10.9 Å². The predicted octanol–water partition coefficient (Wildman–Crippen LogP) is 4.33. The summed E-state index contributed by atoms with van der Waals surface area (Å²) in [5, 5.41) is 2.84. The van der Waals surface area contributed by atoms with Crippen LogP contribution in [0.1, 0.15) is 49.9 Å². The van der Waals surface area contributed by atoms with E-state index in [0.717, 1.165) is 29.0 Å². The first-order chi connectivity index (χ1) is 13.1. The molecule has 0 fully saturated rings. The van der Waals surface area contributed by atoms with Crippen LogP contribution in [0.4, 0.5) is 13.2 Å². The van der Waals surface area contributed by atoms with Crippen molar-refractivity contribution >= 4 is 5.91 Å². The van der Waals surface area contributed by atoms with Gasteiger partial charge in [0.1, 0.15) is 12.1 Å². The fraction of sp³-hybridized carbons (Fsp3) is 0.429. The first-order valence-electron chi connectivity index (χ1n) is 9.28. The fourth-order valence-corrected chi connectivity index (χ4v) is 3.07. The van der Waals surface area contributed by atoms with Gasteiger partial charge in [-0.15, -0.1) is 0 Å². The number of hydrogen-bond acceptors (Lipinski definition) is 2. The molecule has 7 heteroatoms. The van der Waals surface area contributed by atoms with Crippen molar-refractivity contribution in [3.8, 4) is 0 Å². The second kappa shape index (κ2) is 9.08. The van der Waals surface area contributed by atoms with Gasteiger partial charge in [-0.05, 0) is 35.6 Å². The minimum Gasteiger partial charge on any atom is -0.347 e. The molecule has 0 spiro atoms. The molecule has 0 saturated heterocycles. The van der Waals surface area contributed by atoms with Crippen molar-refractivity contribution in [2.45, 2.75) is 52.4 Å². The van der Waals surface area contributed by atoms with Crippen LogP contribution in [0.25, 0.3) is 0 Å². The fourth-order valence-electron chi connectivity index (χ4n) is 3.07. The third-order valence-electron chi connectivity index (χ3n) is 4.50. The molecule has 1 amide bonds. The quantitative estimate of drug-likeness (QED) is 0.760. The zero-order chi connectivity index (χ0) is 20.9. The number of nitrogens with one attached hydrogen (secondary N) is 1. The molecule has 0 aliphatic heterocycles. The molecule has 4 nitrogen and oxygen atoms in total. The summed E-state index contributed by atoms with van der Waals surface area (Å²) in [6, 6.07) is 9.45. The van der Waals surface area contributed by atoms with Crippen LogP contribution in [-0.4, -0.2) is 10.5 Å². The van der Waals surface area contributed by atoms with Gasteiger partial charge in [0.15, 0.2) is 0 Å². The minimum absolute atomic E-state index is 0.0687. The first kappa shape index (κ1) is 21.7. The Hall–Kier alpha value is -2.57. The molecule has 2 rings (SSSR count). The Morgan fingerprint density at radius 2 is 1.79 bits per heavy atom. The summed E-state index contributed by atoms with van der Waals surface area (Å²) in [5.74, 6) is -0.447. The Balaban J connectivity index is 2.16. The molecule has 2 aromatic rings. The maximum absolute atomic E-state index is 12.9. The molecular weight excluding hydrogens is 369 g/mol. The Labute approximate surface area is 162 Å². The third-order valence-corrected chi connectivity index (χ3v) is 4.50. The van der Waals surface area contributed by atoms with Crippen molar-refractivity contribution in [2.75, 3.05) is 0 Å². The maximum Gasteiger partial charge on any atom is 0.421 e. The van der Waals surface area contributed by atoms with E-state index >= 15 is 0 Å². The number of alkyl halides is 3. The molecule has 0 aliphatic rings. The largest absolute Gasteiger partial charge is 0.421 e. The average Bonchev–Trinajstić information content (AvgIpc) is 2.61. The van der Waals surface area contributed by atoms with Crippen molar-refractivity contribution < 1.29 is 18.0 Å². The zero-order valence-corrected chi connectivity index (χ0v) is 16.2. The van der Waals surface area contributed by atoms with Gasteiger partial charge in [-0.1, -0.05) is 51.5 Å². The molecule has 152 valence electrons. The minimum atomic E-state index is -4.75. The molecule has 0 saturated carbocycles. The molecule has 1 aromatic heterocycles. The lowest BCUT2D eigenvalue weighted by Gasteiger charge is -2.23. The molecule has 0 bridgehead atoms. The maximum atomic E-state index is 12.9. The number of hydrogen-bond donors (Lipinski definition) is 1. The lowest BCUT2D eigenvalue weighted by molar-refractivity contribution is -0.139. The molecule has 1 N–H and O–H groups in total. The number of nitrogens with zero attached hydrogens (tertiary/aromatic N) is 1. The van der Waals surface area contributed by atoms with Crippen molar-refractivity contribution in [2.24, 2.45) is 5.92 Å². The van der Waals surface area contributed by atoms with Gasteiger partial charge in [0.25, 0.3) is 5.56 Å². The Morgan fingerprint density at radius 3 is 2.32 bits per heavy atom. The van der Waals surface area contributed by atoms with E-state index in [2.05, 4.69) is 12.2 Å². The van der Waals surface area contributed by atoms with E-state index in [4.69, 9.17) is 0 Å². The van der Waals surface area contributed by atoms with Crippen LogP contribution in [0.5, 0.6) is 0 Å². The molecule has 1 atom stereocenters. The second-order valence-corrected chi connectivity index (χ2v) is 7.13. The third kappa shape index (κ3) is 5.47. The van der Waals surface area contributed by atoms with E-state index in [9.17, 15) is 22.8 Å². The van der Waals surface area contributed by atoms with E-state index in [1.807, 2.05) is 38.1 Å². The van der Waals surface area contributed by atoms with E-state index in [1.165, 1.54) is 11.8 Å². The molecule has 0 aliphatic carbocycles. The van der Waals surface area contributed by atoms with E-state index in [1.54, 1.807) is 0 Å².